The molecular formula is C15H16N2O6. The predicted octanol–water partition coefficient (Wildman–Crippen LogP) is 0.0583. The molecule has 8 nitrogen and oxygen atoms in total. The van der Waals surface area contributed by atoms with Crippen LogP contribution in [-0.4, -0.2) is 59.8 Å². The fourth-order valence-electron chi connectivity index (χ4n) is 2.26. The van der Waals surface area contributed by atoms with Crippen LogP contribution in [0.2, 0.25) is 0 Å². The normalized spacial score (nSPS) is 14.2. The lowest BCUT2D eigenvalue weighted by Gasteiger charge is -2.15. The fraction of sp³-hybridized carbons (Fsp3) is 0.267. The zero-order valence-electron chi connectivity index (χ0n) is 12.4. The van der Waals surface area contributed by atoms with Gasteiger partial charge in [-0.3, -0.25) is 4.79 Å². The molecule has 1 aromatic carbocycles. The van der Waals surface area contributed by atoms with Gasteiger partial charge in [-0.15, -0.1) is 0 Å². The highest BCUT2D eigenvalue weighted by molar-refractivity contribution is 6.09. The maximum atomic E-state index is 12.4. The molecule has 0 bridgehead atoms. The van der Waals surface area contributed by atoms with Crippen LogP contribution in [0, 0.1) is 0 Å². The third kappa shape index (κ3) is 3.32. The van der Waals surface area contributed by atoms with E-state index < -0.39 is 17.8 Å². The number of carbonyl (C=O) groups excluding carboxylic acids is 2. The van der Waals surface area contributed by atoms with Crippen LogP contribution < -0.4 is 5.32 Å². The zero-order valence-corrected chi connectivity index (χ0v) is 12.4. The lowest BCUT2D eigenvalue weighted by molar-refractivity contribution is -0.136. The first-order valence-corrected chi connectivity index (χ1v) is 6.80. The molecule has 8 heteroatoms. The van der Waals surface area contributed by atoms with E-state index in [9.17, 15) is 19.5 Å². The van der Waals surface area contributed by atoms with Crippen LogP contribution in [0.1, 0.15) is 10.4 Å². The van der Waals surface area contributed by atoms with Gasteiger partial charge >= 0.3 is 11.9 Å². The van der Waals surface area contributed by atoms with Crippen molar-refractivity contribution in [1.82, 2.24) is 4.90 Å². The Balaban J connectivity index is 2.39. The number of hydrogen-bond donors (Lipinski definition) is 3. The lowest BCUT2D eigenvalue weighted by atomic mass is 10.1. The molecule has 0 fully saturated rings. The van der Waals surface area contributed by atoms with Gasteiger partial charge in [0.2, 0.25) is 0 Å². The summed E-state index contributed by atoms with van der Waals surface area (Å²) in [5, 5.41) is 20.9. The van der Waals surface area contributed by atoms with Crippen molar-refractivity contribution in [2.24, 2.45) is 0 Å². The number of carboxylic acid groups (broad SMARTS) is 1. The summed E-state index contributed by atoms with van der Waals surface area (Å²) in [6.45, 7) is -0.200. The SMILES string of the molecule is COC(=O)C1=C(Nc2ccccc2C(=O)O)C(=O)N(CCO)C1. The number of hydrogen-bond acceptors (Lipinski definition) is 6. The minimum atomic E-state index is -1.16. The molecule has 1 aromatic rings. The van der Waals surface area contributed by atoms with Gasteiger partial charge in [0.25, 0.3) is 5.91 Å². The topological polar surface area (TPSA) is 116 Å². The number of rotatable bonds is 6. The average molecular weight is 320 g/mol. The van der Waals surface area contributed by atoms with Gasteiger partial charge in [0.15, 0.2) is 0 Å². The van der Waals surface area contributed by atoms with Crippen LogP contribution >= 0.6 is 0 Å². The second kappa shape index (κ2) is 6.93. The molecule has 0 spiro atoms. The Morgan fingerprint density at radius 3 is 2.65 bits per heavy atom. The lowest BCUT2D eigenvalue weighted by Crippen LogP contribution is -2.31. The molecule has 23 heavy (non-hydrogen) atoms. The largest absolute Gasteiger partial charge is 0.478 e. The Labute approximate surface area is 132 Å². The Morgan fingerprint density at radius 2 is 2.04 bits per heavy atom. The van der Waals surface area contributed by atoms with E-state index in [1.165, 1.54) is 24.1 Å². The molecule has 2 rings (SSSR count). The van der Waals surface area contributed by atoms with Crippen LogP contribution in [0.3, 0.4) is 0 Å². The van der Waals surface area contributed by atoms with E-state index in [1.54, 1.807) is 12.1 Å². The maximum Gasteiger partial charge on any atom is 0.337 e. The van der Waals surface area contributed by atoms with Crippen molar-refractivity contribution in [2.45, 2.75) is 0 Å². The van der Waals surface area contributed by atoms with Gasteiger partial charge in [-0.25, -0.2) is 9.59 Å². The molecule has 0 saturated heterocycles. The predicted molar refractivity (Wildman–Crippen MR) is 79.7 cm³/mol. The van der Waals surface area contributed by atoms with E-state index in [2.05, 4.69) is 10.1 Å². The summed E-state index contributed by atoms with van der Waals surface area (Å²) < 4.78 is 4.66. The van der Waals surface area contributed by atoms with Gasteiger partial charge in [-0.05, 0) is 12.1 Å². The number of carboxylic acids is 1. The van der Waals surface area contributed by atoms with Crippen molar-refractivity contribution < 1.29 is 29.3 Å². The summed E-state index contributed by atoms with van der Waals surface area (Å²) in [6.07, 6.45) is 0. The number of aromatic carboxylic acids is 1. The van der Waals surface area contributed by atoms with Crippen molar-refractivity contribution in [3.05, 3.63) is 41.1 Å². The Bertz CT molecular complexity index is 682. The highest BCUT2D eigenvalue weighted by Crippen LogP contribution is 2.24. The number of para-hydroxylation sites is 1. The Morgan fingerprint density at radius 1 is 1.35 bits per heavy atom. The highest BCUT2D eigenvalue weighted by atomic mass is 16.5. The van der Waals surface area contributed by atoms with Gasteiger partial charge in [-0.1, -0.05) is 12.1 Å². The summed E-state index contributed by atoms with van der Waals surface area (Å²) in [4.78, 5) is 36.7. The first kappa shape index (κ1) is 16.5. The summed E-state index contributed by atoms with van der Waals surface area (Å²) in [5.74, 6) is -2.35. The molecule has 1 aliphatic heterocycles. The molecule has 0 unspecified atom stereocenters. The van der Waals surface area contributed by atoms with Crippen LogP contribution in [0.15, 0.2) is 35.5 Å². The summed E-state index contributed by atoms with van der Waals surface area (Å²) in [7, 11) is 1.19. The van der Waals surface area contributed by atoms with Crippen LogP contribution in [0.5, 0.6) is 0 Å². The molecular weight excluding hydrogens is 304 g/mol. The van der Waals surface area contributed by atoms with Gasteiger partial charge in [0, 0.05) is 6.54 Å². The number of amides is 1. The van der Waals surface area contributed by atoms with E-state index in [0.717, 1.165) is 0 Å². The number of aliphatic hydroxyl groups excluding tert-OH is 1. The minimum absolute atomic E-state index is 0.0103. The molecule has 0 saturated carbocycles. The third-order valence-corrected chi connectivity index (χ3v) is 3.37. The van der Waals surface area contributed by atoms with Crippen molar-refractivity contribution in [2.75, 3.05) is 32.1 Å². The van der Waals surface area contributed by atoms with Gasteiger partial charge in [0.05, 0.1) is 37.1 Å². The zero-order chi connectivity index (χ0) is 17.0. The number of anilines is 1. The average Bonchev–Trinajstić information content (AvgIpc) is 2.84. The number of β-amino-alcohol motifs (C(OH)–C–C–N with tert-alkyl or cyclic N) is 1. The van der Waals surface area contributed by atoms with E-state index in [4.69, 9.17) is 5.11 Å². The van der Waals surface area contributed by atoms with Gasteiger partial charge < -0.3 is 25.2 Å². The molecule has 0 aromatic heterocycles. The van der Waals surface area contributed by atoms with E-state index in [-0.39, 0.29) is 42.2 Å². The molecule has 1 heterocycles. The number of aliphatic hydroxyl groups is 1. The monoisotopic (exact) mass is 320 g/mol. The van der Waals surface area contributed by atoms with Crippen LogP contribution in [-0.2, 0) is 14.3 Å². The molecule has 1 aliphatic rings. The molecule has 122 valence electrons. The molecule has 0 aliphatic carbocycles. The highest BCUT2D eigenvalue weighted by Gasteiger charge is 2.34. The number of esters is 1. The first-order chi connectivity index (χ1) is 11.0. The van der Waals surface area contributed by atoms with Crippen molar-refractivity contribution >= 4 is 23.5 Å². The van der Waals surface area contributed by atoms with Crippen molar-refractivity contribution in [3.63, 3.8) is 0 Å². The standard InChI is InChI=1S/C15H16N2O6/c1-23-15(22)10-8-17(6-7-18)13(19)12(10)16-11-5-3-2-4-9(11)14(20)21/h2-5,16,18H,6-8H2,1H3,(H,20,21). The Hall–Kier alpha value is -2.87. The fourth-order valence-corrected chi connectivity index (χ4v) is 2.26. The molecule has 3 N–H and O–H groups in total. The number of ether oxygens (including phenoxy) is 1. The van der Waals surface area contributed by atoms with E-state index in [0.29, 0.717) is 0 Å². The maximum absolute atomic E-state index is 12.4. The number of nitrogens with zero attached hydrogens (tertiary/aromatic N) is 1. The summed E-state index contributed by atoms with van der Waals surface area (Å²) >= 11 is 0. The van der Waals surface area contributed by atoms with Crippen LogP contribution in [0.25, 0.3) is 0 Å². The first-order valence-electron chi connectivity index (χ1n) is 6.80. The van der Waals surface area contributed by atoms with E-state index >= 15 is 0 Å². The van der Waals surface area contributed by atoms with Gasteiger partial charge in [-0.2, -0.15) is 0 Å². The second-order valence-corrected chi connectivity index (χ2v) is 4.77. The molecule has 0 radical (unpaired) electrons. The number of carbonyl (C=O) groups is 3. The Kier molecular flexibility index (Phi) is 4.97. The van der Waals surface area contributed by atoms with Crippen LogP contribution in [0.4, 0.5) is 5.69 Å². The number of nitrogens with one attached hydrogen (secondary N) is 1. The minimum Gasteiger partial charge on any atom is -0.478 e. The smallest absolute Gasteiger partial charge is 0.337 e. The van der Waals surface area contributed by atoms with Gasteiger partial charge in [0.1, 0.15) is 5.70 Å². The third-order valence-electron chi connectivity index (χ3n) is 3.37. The number of methoxy groups -OCH3 is 1. The van der Waals surface area contributed by atoms with E-state index in [1.807, 2.05) is 0 Å². The van der Waals surface area contributed by atoms with Crippen molar-refractivity contribution in [3.8, 4) is 0 Å². The number of benzene rings is 1. The summed E-state index contributed by atoms with van der Waals surface area (Å²) in [6, 6.07) is 6.04. The summed E-state index contributed by atoms with van der Waals surface area (Å²) in [5.41, 5.74) is 0.207. The van der Waals surface area contributed by atoms with Crippen molar-refractivity contribution in [1.29, 1.82) is 0 Å². The molecule has 1 amide bonds. The second-order valence-electron chi connectivity index (χ2n) is 4.77. The molecule has 0 atom stereocenters. The quantitative estimate of drug-likeness (QED) is 0.635.